The van der Waals surface area contributed by atoms with Crippen LogP contribution in [0, 0.1) is 5.41 Å². The largest absolute Gasteiger partial charge is 0.444 e. The van der Waals surface area contributed by atoms with Gasteiger partial charge < -0.3 is 14.5 Å². The van der Waals surface area contributed by atoms with Crippen LogP contribution in [0.5, 0.6) is 0 Å². The van der Waals surface area contributed by atoms with Crippen LogP contribution in [0.4, 0.5) is 10.5 Å². The second kappa shape index (κ2) is 6.52. The standard InChI is InChI=1S/C19H25ClN2O3/c1-18(2,3)25-17(24)21-11-6-9-19(13-21)10-12-22(16(19)23)15-8-5-4-7-14(15)20/h4-5,7-8H,6,9-13H2,1-3H3/t19-/m1/s1. The molecule has 2 saturated heterocycles. The number of carbonyl (C=O) groups is 2. The second-order valence-electron chi connectivity index (χ2n) is 7.94. The van der Waals surface area contributed by atoms with Gasteiger partial charge in [0, 0.05) is 19.6 Å². The quantitative estimate of drug-likeness (QED) is 0.754. The van der Waals surface area contributed by atoms with Crippen LogP contribution in [-0.2, 0) is 9.53 Å². The lowest BCUT2D eigenvalue weighted by molar-refractivity contribution is -0.128. The summed E-state index contributed by atoms with van der Waals surface area (Å²) in [7, 11) is 0. The first-order valence-corrected chi connectivity index (χ1v) is 9.14. The van der Waals surface area contributed by atoms with E-state index in [9.17, 15) is 9.59 Å². The maximum Gasteiger partial charge on any atom is 0.410 e. The van der Waals surface area contributed by atoms with Gasteiger partial charge in [0.2, 0.25) is 5.91 Å². The van der Waals surface area contributed by atoms with Gasteiger partial charge in [-0.05, 0) is 52.2 Å². The number of anilines is 1. The minimum Gasteiger partial charge on any atom is -0.444 e. The Balaban J connectivity index is 1.77. The number of amides is 2. The van der Waals surface area contributed by atoms with Gasteiger partial charge in [0.05, 0.1) is 16.1 Å². The molecular weight excluding hydrogens is 340 g/mol. The maximum atomic E-state index is 13.2. The average molecular weight is 365 g/mol. The average Bonchev–Trinajstić information content (AvgIpc) is 2.83. The van der Waals surface area contributed by atoms with Gasteiger partial charge in [-0.3, -0.25) is 4.79 Å². The Hall–Kier alpha value is -1.75. The molecule has 3 rings (SSSR count). The lowest BCUT2D eigenvalue weighted by atomic mass is 9.78. The zero-order valence-corrected chi connectivity index (χ0v) is 15.8. The van der Waals surface area contributed by atoms with Crippen LogP contribution in [0.2, 0.25) is 5.02 Å². The summed E-state index contributed by atoms with van der Waals surface area (Å²) in [5.74, 6) is 0.0638. The number of carbonyl (C=O) groups excluding carboxylic acids is 2. The van der Waals surface area contributed by atoms with Gasteiger partial charge in [0.25, 0.3) is 0 Å². The van der Waals surface area contributed by atoms with Crippen LogP contribution in [0.3, 0.4) is 0 Å². The van der Waals surface area contributed by atoms with Crippen molar-refractivity contribution in [1.29, 1.82) is 0 Å². The Kier molecular flexibility index (Phi) is 4.71. The van der Waals surface area contributed by atoms with Crippen molar-refractivity contribution in [3.63, 3.8) is 0 Å². The van der Waals surface area contributed by atoms with E-state index in [1.165, 1.54) is 0 Å². The molecule has 0 unspecified atom stereocenters. The number of nitrogens with zero attached hydrogens (tertiary/aromatic N) is 2. The van der Waals surface area contributed by atoms with Crippen molar-refractivity contribution in [2.24, 2.45) is 5.41 Å². The highest BCUT2D eigenvalue weighted by Crippen LogP contribution is 2.43. The molecule has 2 fully saturated rings. The highest BCUT2D eigenvalue weighted by Gasteiger charge is 2.50. The van der Waals surface area contributed by atoms with E-state index >= 15 is 0 Å². The topological polar surface area (TPSA) is 49.9 Å². The van der Waals surface area contributed by atoms with E-state index in [2.05, 4.69) is 0 Å². The SMILES string of the molecule is CC(C)(C)OC(=O)N1CCC[C@@]2(CCN(c3ccccc3Cl)C2=O)C1. The minimum atomic E-state index is -0.537. The molecule has 2 aliphatic rings. The summed E-state index contributed by atoms with van der Waals surface area (Å²) < 4.78 is 5.49. The van der Waals surface area contributed by atoms with Crippen LogP contribution in [-0.4, -0.2) is 42.1 Å². The fraction of sp³-hybridized carbons (Fsp3) is 0.579. The van der Waals surface area contributed by atoms with Crippen molar-refractivity contribution < 1.29 is 14.3 Å². The van der Waals surface area contributed by atoms with Gasteiger partial charge in [0.15, 0.2) is 0 Å². The number of halogens is 1. The summed E-state index contributed by atoms with van der Waals surface area (Å²) in [5.41, 5.74) is -0.306. The zero-order valence-electron chi connectivity index (χ0n) is 15.0. The first-order valence-electron chi connectivity index (χ1n) is 8.76. The zero-order chi connectivity index (χ0) is 18.2. The highest BCUT2D eigenvalue weighted by atomic mass is 35.5. The summed E-state index contributed by atoms with van der Waals surface area (Å²) in [6, 6.07) is 7.40. The Morgan fingerprint density at radius 3 is 2.60 bits per heavy atom. The molecule has 2 aliphatic heterocycles. The molecule has 25 heavy (non-hydrogen) atoms. The van der Waals surface area contributed by atoms with E-state index in [-0.39, 0.29) is 12.0 Å². The van der Waals surface area contributed by atoms with E-state index in [1.807, 2.05) is 39.0 Å². The molecule has 0 aromatic heterocycles. The van der Waals surface area contributed by atoms with E-state index < -0.39 is 11.0 Å². The van der Waals surface area contributed by atoms with Crippen molar-refractivity contribution >= 4 is 29.3 Å². The van der Waals surface area contributed by atoms with Crippen molar-refractivity contribution in [1.82, 2.24) is 4.90 Å². The second-order valence-corrected chi connectivity index (χ2v) is 8.35. The minimum absolute atomic E-state index is 0.0638. The van der Waals surface area contributed by atoms with Gasteiger partial charge in [0.1, 0.15) is 5.60 Å². The molecule has 136 valence electrons. The van der Waals surface area contributed by atoms with Gasteiger partial charge in [-0.15, -0.1) is 0 Å². The number of piperidine rings is 1. The molecule has 5 nitrogen and oxygen atoms in total. The molecule has 0 N–H and O–H groups in total. The van der Waals surface area contributed by atoms with E-state index in [1.54, 1.807) is 15.9 Å². The molecule has 1 aromatic carbocycles. The first kappa shape index (κ1) is 18.1. The lowest BCUT2D eigenvalue weighted by Crippen LogP contribution is -2.51. The van der Waals surface area contributed by atoms with Crippen LogP contribution < -0.4 is 4.90 Å². The fourth-order valence-corrected chi connectivity index (χ4v) is 3.95. The number of ether oxygens (including phenoxy) is 1. The number of rotatable bonds is 1. The monoisotopic (exact) mass is 364 g/mol. The van der Waals surface area contributed by atoms with E-state index in [4.69, 9.17) is 16.3 Å². The third-order valence-electron chi connectivity index (χ3n) is 4.88. The van der Waals surface area contributed by atoms with Gasteiger partial charge in [-0.25, -0.2) is 4.79 Å². The fourth-order valence-electron chi connectivity index (χ4n) is 3.71. The Morgan fingerprint density at radius 2 is 1.92 bits per heavy atom. The number of likely N-dealkylation sites (tertiary alicyclic amines) is 1. The van der Waals surface area contributed by atoms with Crippen LogP contribution in [0.1, 0.15) is 40.0 Å². The molecular formula is C19H25ClN2O3. The van der Waals surface area contributed by atoms with Crippen molar-refractivity contribution in [3.05, 3.63) is 29.3 Å². The predicted molar refractivity (Wildman–Crippen MR) is 97.9 cm³/mol. The molecule has 0 bridgehead atoms. The molecule has 1 atom stereocenters. The molecule has 1 spiro atoms. The molecule has 2 heterocycles. The van der Waals surface area contributed by atoms with E-state index in [0.717, 1.165) is 24.9 Å². The molecule has 0 radical (unpaired) electrons. The number of benzene rings is 1. The van der Waals surface area contributed by atoms with Crippen molar-refractivity contribution in [2.75, 3.05) is 24.5 Å². The molecule has 0 aliphatic carbocycles. The number of hydrogen-bond acceptors (Lipinski definition) is 3. The normalized spacial score (nSPS) is 24.1. The van der Waals surface area contributed by atoms with Crippen LogP contribution in [0.25, 0.3) is 0 Å². The van der Waals surface area contributed by atoms with Crippen molar-refractivity contribution in [2.45, 2.75) is 45.6 Å². The molecule has 2 amide bonds. The summed E-state index contributed by atoms with van der Waals surface area (Å²) in [5, 5.41) is 0.577. The summed E-state index contributed by atoms with van der Waals surface area (Å²) >= 11 is 6.27. The van der Waals surface area contributed by atoms with Crippen molar-refractivity contribution in [3.8, 4) is 0 Å². The van der Waals surface area contributed by atoms with Gasteiger partial charge in [-0.1, -0.05) is 23.7 Å². The van der Waals surface area contributed by atoms with Crippen LogP contribution in [0.15, 0.2) is 24.3 Å². The Bertz CT molecular complexity index is 685. The summed E-state index contributed by atoms with van der Waals surface area (Å²) in [4.78, 5) is 29.0. The first-order chi connectivity index (χ1) is 11.7. The summed E-state index contributed by atoms with van der Waals surface area (Å²) in [6.07, 6.45) is 2.00. The number of para-hydroxylation sites is 1. The third kappa shape index (κ3) is 3.61. The molecule has 1 aromatic rings. The van der Waals surface area contributed by atoms with E-state index in [0.29, 0.717) is 24.7 Å². The summed E-state index contributed by atoms with van der Waals surface area (Å²) in [6.45, 7) is 7.24. The molecule has 0 saturated carbocycles. The Morgan fingerprint density at radius 1 is 1.20 bits per heavy atom. The van der Waals surface area contributed by atoms with Gasteiger partial charge >= 0.3 is 6.09 Å². The highest BCUT2D eigenvalue weighted by molar-refractivity contribution is 6.34. The lowest BCUT2D eigenvalue weighted by Gasteiger charge is -2.39. The maximum absolute atomic E-state index is 13.2. The Labute approximate surface area is 153 Å². The smallest absolute Gasteiger partial charge is 0.410 e. The predicted octanol–water partition coefficient (Wildman–Crippen LogP) is 4.09. The number of hydrogen-bond donors (Lipinski definition) is 0. The van der Waals surface area contributed by atoms with Crippen LogP contribution >= 0.6 is 11.6 Å². The van der Waals surface area contributed by atoms with Gasteiger partial charge in [-0.2, -0.15) is 0 Å². The molecule has 6 heteroatoms. The third-order valence-corrected chi connectivity index (χ3v) is 5.20.